The van der Waals surface area contributed by atoms with E-state index in [1.54, 1.807) is 0 Å². The summed E-state index contributed by atoms with van der Waals surface area (Å²) in [5, 5.41) is 3.34. The molecular weight excluding hydrogens is 140 g/mol. The largest absolute Gasteiger partial charge is 0.366 e. The van der Waals surface area contributed by atoms with Gasteiger partial charge >= 0.3 is 0 Å². The van der Waals surface area contributed by atoms with Gasteiger partial charge in [0.15, 0.2) is 0 Å². The molecule has 2 bridgehead atoms. The first-order valence-electron chi connectivity index (χ1n) is 4.31. The number of nitrogens with one attached hydrogen (secondary N) is 1. The van der Waals surface area contributed by atoms with Crippen LogP contribution < -0.4 is 5.32 Å². The molecule has 1 fully saturated rings. The first kappa shape index (κ1) is 7.25. The number of ether oxygens (including phenoxy) is 1. The van der Waals surface area contributed by atoms with Crippen LogP contribution in [0.25, 0.3) is 0 Å². The first-order valence-corrected chi connectivity index (χ1v) is 4.31. The van der Waals surface area contributed by atoms with Crippen molar-refractivity contribution in [2.45, 2.75) is 25.0 Å². The van der Waals surface area contributed by atoms with Crippen LogP contribution in [0.5, 0.6) is 0 Å². The highest BCUT2D eigenvalue weighted by atomic mass is 16.5. The van der Waals surface area contributed by atoms with Crippen molar-refractivity contribution in [3.8, 4) is 0 Å². The highest BCUT2D eigenvalue weighted by molar-refractivity contribution is 5.63. The molecule has 0 aromatic rings. The molecule has 2 rings (SSSR count). The van der Waals surface area contributed by atoms with Crippen LogP contribution in [0.4, 0.5) is 0 Å². The average Bonchev–Trinajstić information content (AvgIpc) is 2.02. The second-order valence-electron chi connectivity index (χ2n) is 3.16. The van der Waals surface area contributed by atoms with Crippen molar-refractivity contribution >= 4 is 6.21 Å². The summed E-state index contributed by atoms with van der Waals surface area (Å²) in [6.45, 7) is 2.93. The van der Waals surface area contributed by atoms with Crippen molar-refractivity contribution in [1.29, 1.82) is 0 Å². The third-order valence-electron chi connectivity index (χ3n) is 2.16. The smallest absolute Gasteiger partial charge is 0.0927 e. The number of fused-ring (bicyclic) bond motifs is 2. The molecule has 0 aromatic heterocycles. The van der Waals surface area contributed by atoms with Gasteiger partial charge in [0, 0.05) is 12.8 Å². The fourth-order valence-corrected chi connectivity index (χ4v) is 1.57. The minimum atomic E-state index is 0.302. The molecule has 11 heavy (non-hydrogen) atoms. The van der Waals surface area contributed by atoms with Crippen LogP contribution in [0.1, 0.15) is 12.8 Å². The third-order valence-corrected chi connectivity index (χ3v) is 2.16. The van der Waals surface area contributed by atoms with Crippen LogP contribution in [0.2, 0.25) is 0 Å². The second kappa shape index (κ2) is 3.32. The highest BCUT2D eigenvalue weighted by Crippen LogP contribution is 2.10. The van der Waals surface area contributed by atoms with Crippen molar-refractivity contribution in [1.82, 2.24) is 5.32 Å². The Kier molecular flexibility index (Phi) is 2.19. The molecule has 0 saturated carbocycles. The lowest BCUT2D eigenvalue weighted by molar-refractivity contribution is 0.0123. The Hall–Kier alpha value is -0.410. The van der Waals surface area contributed by atoms with Gasteiger partial charge in [0.2, 0.25) is 0 Å². The van der Waals surface area contributed by atoms with Gasteiger partial charge in [-0.3, -0.25) is 4.99 Å². The lowest BCUT2D eigenvalue weighted by atomic mass is 10.1. The number of nitrogens with zero attached hydrogens (tertiary/aromatic N) is 1. The lowest BCUT2D eigenvalue weighted by Crippen LogP contribution is -2.40. The molecule has 1 saturated heterocycles. The van der Waals surface area contributed by atoms with E-state index in [2.05, 4.69) is 10.3 Å². The van der Waals surface area contributed by atoms with Crippen LogP contribution >= 0.6 is 0 Å². The predicted octanol–water partition coefficient (Wildman–Crippen LogP) is 0.208. The Balaban J connectivity index is 1.99. The number of aliphatic imine (C=N–C) groups is 1. The number of hydrogen-bond donors (Lipinski definition) is 1. The van der Waals surface area contributed by atoms with Crippen LogP contribution in [0.3, 0.4) is 0 Å². The van der Waals surface area contributed by atoms with E-state index in [0.29, 0.717) is 12.2 Å². The summed E-state index contributed by atoms with van der Waals surface area (Å²) in [6.07, 6.45) is 4.90. The van der Waals surface area contributed by atoms with Crippen LogP contribution in [0.15, 0.2) is 4.99 Å². The van der Waals surface area contributed by atoms with E-state index in [0.717, 1.165) is 26.1 Å². The Labute approximate surface area is 66.8 Å². The van der Waals surface area contributed by atoms with Crippen LogP contribution in [0, 0.1) is 0 Å². The summed E-state index contributed by atoms with van der Waals surface area (Å²) in [7, 11) is 0. The molecule has 1 unspecified atom stereocenters. The third kappa shape index (κ3) is 1.79. The fourth-order valence-electron chi connectivity index (χ4n) is 1.57. The average molecular weight is 154 g/mol. The Bertz CT molecular complexity index is 158. The van der Waals surface area contributed by atoms with Gasteiger partial charge in [-0.05, 0) is 19.4 Å². The molecule has 2 aliphatic rings. The van der Waals surface area contributed by atoms with Gasteiger partial charge < -0.3 is 10.1 Å². The van der Waals surface area contributed by atoms with Gasteiger partial charge in [0.1, 0.15) is 0 Å². The molecule has 0 amide bonds. The van der Waals surface area contributed by atoms with Crippen LogP contribution in [-0.2, 0) is 4.74 Å². The van der Waals surface area contributed by atoms with E-state index >= 15 is 0 Å². The highest BCUT2D eigenvalue weighted by Gasteiger charge is 2.20. The van der Waals surface area contributed by atoms with E-state index in [9.17, 15) is 0 Å². The molecule has 3 heteroatoms. The molecule has 0 radical (unpaired) electrons. The SMILES string of the molecule is C1=NCC2CNCCC[C@@H]1O2. The van der Waals surface area contributed by atoms with Gasteiger partial charge in [-0.1, -0.05) is 0 Å². The molecule has 2 aliphatic heterocycles. The van der Waals surface area contributed by atoms with E-state index in [4.69, 9.17) is 4.74 Å². The number of rotatable bonds is 0. The zero-order valence-corrected chi connectivity index (χ0v) is 6.62. The van der Waals surface area contributed by atoms with Gasteiger partial charge in [0.25, 0.3) is 0 Å². The van der Waals surface area contributed by atoms with Crippen molar-refractivity contribution in [3.63, 3.8) is 0 Å². The molecule has 2 heterocycles. The minimum absolute atomic E-state index is 0.302. The fraction of sp³-hybridized carbons (Fsp3) is 0.875. The second-order valence-corrected chi connectivity index (χ2v) is 3.16. The molecule has 62 valence electrons. The summed E-state index contributed by atoms with van der Waals surface area (Å²) in [5.74, 6) is 0. The van der Waals surface area contributed by atoms with Crippen molar-refractivity contribution in [2.75, 3.05) is 19.6 Å². The van der Waals surface area contributed by atoms with E-state index < -0.39 is 0 Å². The summed E-state index contributed by atoms with van der Waals surface area (Å²) >= 11 is 0. The molecule has 3 nitrogen and oxygen atoms in total. The molecule has 2 atom stereocenters. The van der Waals surface area contributed by atoms with Gasteiger partial charge in [-0.15, -0.1) is 0 Å². The summed E-state index contributed by atoms with van der Waals surface area (Å²) < 4.78 is 5.72. The van der Waals surface area contributed by atoms with Gasteiger partial charge in [-0.2, -0.15) is 0 Å². The maximum absolute atomic E-state index is 5.72. The number of hydrogen-bond acceptors (Lipinski definition) is 3. The monoisotopic (exact) mass is 154 g/mol. The minimum Gasteiger partial charge on any atom is -0.366 e. The molecule has 0 aromatic carbocycles. The first-order chi connectivity index (χ1) is 5.45. The summed E-state index contributed by atoms with van der Waals surface area (Å²) in [6, 6.07) is 0. The molecule has 1 N–H and O–H groups in total. The summed E-state index contributed by atoms with van der Waals surface area (Å²) in [4.78, 5) is 4.27. The van der Waals surface area contributed by atoms with Crippen molar-refractivity contribution < 1.29 is 4.74 Å². The normalized spacial score (nSPS) is 37.8. The lowest BCUT2D eigenvalue weighted by Gasteiger charge is -2.28. The Morgan fingerprint density at radius 2 is 2.55 bits per heavy atom. The zero-order chi connectivity index (χ0) is 7.52. The van der Waals surface area contributed by atoms with E-state index in [1.165, 1.54) is 6.42 Å². The van der Waals surface area contributed by atoms with Crippen LogP contribution in [-0.4, -0.2) is 38.1 Å². The van der Waals surface area contributed by atoms with Gasteiger partial charge in [0.05, 0.1) is 18.8 Å². The van der Waals surface area contributed by atoms with Crippen molar-refractivity contribution in [2.24, 2.45) is 4.99 Å². The Morgan fingerprint density at radius 3 is 3.55 bits per heavy atom. The van der Waals surface area contributed by atoms with E-state index in [-0.39, 0.29) is 0 Å². The van der Waals surface area contributed by atoms with Crippen molar-refractivity contribution in [3.05, 3.63) is 0 Å². The van der Waals surface area contributed by atoms with E-state index in [1.807, 2.05) is 6.21 Å². The summed E-state index contributed by atoms with van der Waals surface area (Å²) in [5.41, 5.74) is 0. The maximum atomic E-state index is 5.72. The molecular formula is C8H14N2O. The Morgan fingerprint density at radius 1 is 1.55 bits per heavy atom. The predicted molar refractivity (Wildman–Crippen MR) is 44.1 cm³/mol. The maximum Gasteiger partial charge on any atom is 0.0927 e. The van der Waals surface area contributed by atoms with Gasteiger partial charge in [-0.25, -0.2) is 0 Å². The quantitative estimate of drug-likeness (QED) is 0.541. The standard InChI is InChI=1S/C8H14N2O/c1-2-7-4-10-6-8(11-7)5-9-3-1/h4,7-9H,1-3,5-6H2/t7-,8?/m0/s1. The zero-order valence-electron chi connectivity index (χ0n) is 6.62. The molecule has 0 aliphatic carbocycles. The molecule has 0 spiro atoms. The topological polar surface area (TPSA) is 33.6 Å².